The van der Waals surface area contributed by atoms with Crippen LogP contribution in [0.5, 0.6) is 23.0 Å². The van der Waals surface area contributed by atoms with Crippen molar-refractivity contribution in [2.75, 3.05) is 53.6 Å². The Bertz CT molecular complexity index is 1320. The number of likely N-dealkylation sites (tertiary alicyclic amines) is 1. The normalized spacial score (nSPS) is 20.4. The number of piperidine rings is 1. The summed E-state index contributed by atoms with van der Waals surface area (Å²) in [6.45, 7) is 1.70. The Hall–Kier alpha value is -3.97. The van der Waals surface area contributed by atoms with Gasteiger partial charge in [-0.25, -0.2) is 0 Å². The Balaban J connectivity index is 1.60. The second kappa shape index (κ2) is 10.6. The summed E-state index contributed by atoms with van der Waals surface area (Å²) in [5.74, 6) is 3.02. The van der Waals surface area contributed by atoms with Crippen molar-refractivity contribution in [3.05, 3.63) is 83.4 Å². The van der Waals surface area contributed by atoms with Gasteiger partial charge in [-0.2, -0.15) is 5.10 Å². The van der Waals surface area contributed by atoms with Gasteiger partial charge in [0, 0.05) is 19.0 Å². The molecular formula is C30H33N3O4. The molecule has 7 nitrogen and oxygen atoms in total. The van der Waals surface area contributed by atoms with Gasteiger partial charge in [0.1, 0.15) is 0 Å². The van der Waals surface area contributed by atoms with E-state index in [0.29, 0.717) is 23.0 Å². The Morgan fingerprint density at radius 3 is 2.11 bits per heavy atom. The van der Waals surface area contributed by atoms with Gasteiger partial charge in [-0.1, -0.05) is 30.3 Å². The first-order chi connectivity index (χ1) is 18.1. The van der Waals surface area contributed by atoms with Crippen LogP contribution in [0.3, 0.4) is 0 Å². The molecule has 0 unspecified atom stereocenters. The molecule has 2 aliphatic rings. The van der Waals surface area contributed by atoms with Crippen molar-refractivity contribution >= 4 is 17.5 Å². The second-order valence-electron chi connectivity index (χ2n) is 9.31. The van der Waals surface area contributed by atoms with E-state index in [1.54, 1.807) is 28.4 Å². The Morgan fingerprint density at radius 2 is 1.43 bits per heavy atom. The van der Waals surface area contributed by atoms with E-state index in [-0.39, 0.29) is 12.0 Å². The number of nitrogens with zero attached hydrogens (tertiary/aromatic N) is 3. The van der Waals surface area contributed by atoms with Crippen LogP contribution in [0.1, 0.15) is 17.2 Å². The number of benzene rings is 3. The number of rotatable bonds is 7. The molecule has 1 fully saturated rings. The van der Waals surface area contributed by atoms with Crippen LogP contribution >= 0.6 is 0 Å². The van der Waals surface area contributed by atoms with E-state index in [1.807, 2.05) is 30.3 Å². The number of fused-ring (bicyclic) bond motifs is 1. The van der Waals surface area contributed by atoms with Gasteiger partial charge in [0.2, 0.25) is 0 Å². The largest absolute Gasteiger partial charge is 0.493 e. The minimum atomic E-state index is 0.00811. The van der Waals surface area contributed by atoms with Crippen LogP contribution in [-0.4, -0.2) is 59.2 Å². The van der Waals surface area contributed by atoms with Crippen molar-refractivity contribution < 1.29 is 18.9 Å². The van der Waals surface area contributed by atoms with Crippen LogP contribution < -0.4 is 24.0 Å². The summed E-state index contributed by atoms with van der Waals surface area (Å²) in [6.07, 6.45) is 2.21. The van der Waals surface area contributed by atoms with Crippen molar-refractivity contribution in [3.8, 4) is 23.0 Å². The molecule has 0 radical (unpaired) electrons. The molecule has 0 spiro atoms. The van der Waals surface area contributed by atoms with Crippen molar-refractivity contribution in [1.82, 2.24) is 4.90 Å². The van der Waals surface area contributed by atoms with E-state index < -0.39 is 0 Å². The monoisotopic (exact) mass is 499 g/mol. The van der Waals surface area contributed by atoms with E-state index in [2.05, 4.69) is 59.4 Å². The standard InChI is InChI=1S/C30H33N3O4/c1-32-18-22(15-20-11-13-25(34-2)27(16-20)36-4)29-24(19-32)30(33(31-29)23-9-7-6-8-10-23)21-12-14-26(35-3)28(17-21)37-5/h6-17,24,30H,18-19H2,1-5H3/b22-15-/t24-,30+/m0/s1. The average molecular weight is 500 g/mol. The van der Waals surface area contributed by atoms with Gasteiger partial charge in [0.25, 0.3) is 0 Å². The Labute approximate surface area is 218 Å². The Kier molecular flexibility index (Phi) is 7.06. The number of hydrogen-bond acceptors (Lipinski definition) is 7. The number of ether oxygens (including phenoxy) is 4. The molecule has 0 amide bonds. The fraction of sp³-hybridized carbons (Fsp3) is 0.300. The summed E-state index contributed by atoms with van der Waals surface area (Å²) in [5.41, 5.74) is 5.53. The van der Waals surface area contributed by atoms with Crippen LogP contribution in [0, 0.1) is 5.92 Å². The molecule has 3 aromatic carbocycles. The molecule has 37 heavy (non-hydrogen) atoms. The lowest BCUT2D eigenvalue weighted by molar-refractivity contribution is 0.302. The van der Waals surface area contributed by atoms with Crippen LogP contribution in [0.2, 0.25) is 0 Å². The van der Waals surface area contributed by atoms with Gasteiger partial charge in [-0.05, 0) is 66.2 Å². The highest BCUT2D eigenvalue weighted by atomic mass is 16.5. The third-order valence-electron chi connectivity index (χ3n) is 7.01. The molecule has 0 N–H and O–H groups in total. The molecule has 0 aliphatic carbocycles. The first kappa shape index (κ1) is 24.7. The molecule has 2 heterocycles. The van der Waals surface area contributed by atoms with Crippen LogP contribution in [-0.2, 0) is 0 Å². The van der Waals surface area contributed by atoms with Gasteiger partial charge in [0.05, 0.1) is 45.9 Å². The van der Waals surface area contributed by atoms with Crippen molar-refractivity contribution in [2.45, 2.75) is 6.04 Å². The molecule has 3 aromatic rings. The molecule has 0 saturated carbocycles. The van der Waals surface area contributed by atoms with Crippen LogP contribution in [0.4, 0.5) is 5.69 Å². The number of anilines is 1. The summed E-state index contributed by atoms with van der Waals surface area (Å²) < 4.78 is 22.1. The zero-order chi connectivity index (χ0) is 25.9. The summed E-state index contributed by atoms with van der Waals surface area (Å²) in [5, 5.41) is 7.41. The van der Waals surface area contributed by atoms with Gasteiger partial charge in [-0.3, -0.25) is 5.01 Å². The fourth-order valence-corrected chi connectivity index (χ4v) is 5.31. The van der Waals surface area contributed by atoms with Gasteiger partial charge >= 0.3 is 0 Å². The zero-order valence-electron chi connectivity index (χ0n) is 22.0. The quantitative estimate of drug-likeness (QED) is 0.441. The molecule has 7 heteroatoms. The topological polar surface area (TPSA) is 55.8 Å². The van der Waals surface area contributed by atoms with Crippen molar-refractivity contribution in [2.24, 2.45) is 11.0 Å². The van der Waals surface area contributed by atoms with E-state index in [9.17, 15) is 0 Å². The highest BCUT2D eigenvalue weighted by molar-refractivity contribution is 6.09. The molecule has 0 bridgehead atoms. The third-order valence-corrected chi connectivity index (χ3v) is 7.01. The van der Waals surface area contributed by atoms with Crippen molar-refractivity contribution in [1.29, 1.82) is 0 Å². The summed E-state index contributed by atoms with van der Waals surface area (Å²) in [7, 11) is 8.80. The van der Waals surface area contributed by atoms with E-state index in [1.165, 1.54) is 5.57 Å². The van der Waals surface area contributed by atoms with E-state index in [4.69, 9.17) is 24.0 Å². The number of likely N-dealkylation sites (N-methyl/N-ethyl adjacent to an activating group) is 1. The molecular weight excluding hydrogens is 466 g/mol. The van der Waals surface area contributed by atoms with Crippen LogP contribution in [0.25, 0.3) is 6.08 Å². The van der Waals surface area contributed by atoms with Crippen LogP contribution in [0.15, 0.2) is 77.4 Å². The highest BCUT2D eigenvalue weighted by Gasteiger charge is 2.43. The van der Waals surface area contributed by atoms with Gasteiger partial charge < -0.3 is 23.8 Å². The summed E-state index contributed by atoms with van der Waals surface area (Å²) >= 11 is 0. The minimum Gasteiger partial charge on any atom is -0.493 e. The fourth-order valence-electron chi connectivity index (χ4n) is 5.31. The average Bonchev–Trinajstić information content (AvgIpc) is 3.32. The van der Waals surface area contributed by atoms with E-state index >= 15 is 0 Å². The minimum absolute atomic E-state index is 0.00811. The molecule has 0 aromatic heterocycles. The number of para-hydroxylation sites is 1. The zero-order valence-corrected chi connectivity index (χ0v) is 22.0. The molecule has 2 aliphatic heterocycles. The molecule has 192 valence electrons. The number of methoxy groups -OCH3 is 4. The van der Waals surface area contributed by atoms with E-state index in [0.717, 1.165) is 35.6 Å². The summed E-state index contributed by atoms with van der Waals surface area (Å²) in [4.78, 5) is 2.36. The molecule has 1 saturated heterocycles. The number of hydrazone groups is 1. The smallest absolute Gasteiger partial charge is 0.161 e. The number of hydrogen-bond donors (Lipinski definition) is 0. The lowest BCUT2D eigenvalue weighted by Gasteiger charge is -2.35. The Morgan fingerprint density at radius 1 is 0.784 bits per heavy atom. The summed E-state index contributed by atoms with van der Waals surface area (Å²) in [6, 6.07) is 22.5. The highest BCUT2D eigenvalue weighted by Crippen LogP contribution is 2.45. The lowest BCUT2D eigenvalue weighted by Crippen LogP contribution is -2.41. The lowest BCUT2D eigenvalue weighted by atomic mass is 9.83. The molecule has 5 rings (SSSR count). The predicted molar refractivity (Wildman–Crippen MR) is 147 cm³/mol. The second-order valence-corrected chi connectivity index (χ2v) is 9.31. The third kappa shape index (κ3) is 4.74. The maximum atomic E-state index is 5.65. The first-order valence-corrected chi connectivity index (χ1v) is 12.3. The first-order valence-electron chi connectivity index (χ1n) is 12.3. The van der Waals surface area contributed by atoms with Gasteiger partial charge in [0.15, 0.2) is 23.0 Å². The maximum absolute atomic E-state index is 5.65. The SMILES string of the molecule is COc1ccc(/C=C2/CN(C)C[C@H]3C2=NN(c2ccccc2)[C@@H]3c2ccc(OC)c(OC)c2)cc1OC. The molecule has 2 atom stereocenters. The van der Waals surface area contributed by atoms with Crippen molar-refractivity contribution in [3.63, 3.8) is 0 Å². The predicted octanol–water partition coefficient (Wildman–Crippen LogP) is 5.28. The van der Waals surface area contributed by atoms with Gasteiger partial charge in [-0.15, -0.1) is 0 Å². The maximum Gasteiger partial charge on any atom is 0.161 e.